The molecule has 2 aromatic rings. The molecule has 5 nitrogen and oxygen atoms in total. The van der Waals surface area contributed by atoms with Gasteiger partial charge in [0.05, 0.1) is 0 Å². The lowest BCUT2D eigenvalue weighted by Gasteiger charge is -2.16. The first kappa shape index (κ1) is 14.3. The van der Waals surface area contributed by atoms with Crippen LogP contribution in [0, 0.1) is 6.92 Å². The Morgan fingerprint density at radius 1 is 1.40 bits per heavy atom. The van der Waals surface area contributed by atoms with Gasteiger partial charge in [-0.1, -0.05) is 41.2 Å². The van der Waals surface area contributed by atoms with E-state index in [9.17, 15) is 4.79 Å². The standard InChI is InChI=1S/C14H18N4OS/c1-9-4-6-10(7-5-9)8-18(3)13(19)11-12(15)17-14(16-2)20-11/h4-7H,8,15H2,1-3H3,(H,16,17). The van der Waals surface area contributed by atoms with Gasteiger partial charge in [-0.05, 0) is 12.5 Å². The molecule has 0 aliphatic carbocycles. The fourth-order valence-electron chi connectivity index (χ4n) is 1.80. The number of nitrogens with two attached hydrogens (primary N) is 1. The lowest BCUT2D eigenvalue weighted by atomic mass is 10.1. The number of nitrogen functional groups attached to an aromatic ring is 1. The van der Waals surface area contributed by atoms with Gasteiger partial charge in [-0.3, -0.25) is 4.79 Å². The molecule has 0 atom stereocenters. The molecule has 0 fully saturated rings. The molecule has 1 amide bonds. The Labute approximate surface area is 122 Å². The zero-order chi connectivity index (χ0) is 14.7. The molecule has 1 heterocycles. The number of aryl methyl sites for hydroxylation is 1. The number of thiazole rings is 1. The number of hydrogen-bond acceptors (Lipinski definition) is 5. The van der Waals surface area contributed by atoms with Crippen molar-refractivity contribution in [3.8, 4) is 0 Å². The average Bonchev–Trinajstić information content (AvgIpc) is 2.81. The summed E-state index contributed by atoms with van der Waals surface area (Å²) in [6.45, 7) is 2.58. The zero-order valence-electron chi connectivity index (χ0n) is 11.8. The number of benzene rings is 1. The quantitative estimate of drug-likeness (QED) is 0.906. The van der Waals surface area contributed by atoms with Crippen molar-refractivity contribution in [2.75, 3.05) is 25.1 Å². The van der Waals surface area contributed by atoms with Gasteiger partial charge in [0.15, 0.2) is 5.13 Å². The molecule has 20 heavy (non-hydrogen) atoms. The minimum atomic E-state index is -0.109. The van der Waals surface area contributed by atoms with E-state index in [4.69, 9.17) is 5.73 Å². The van der Waals surface area contributed by atoms with Gasteiger partial charge in [0, 0.05) is 20.6 Å². The number of nitrogens with zero attached hydrogens (tertiary/aromatic N) is 2. The van der Waals surface area contributed by atoms with Crippen LogP contribution in [0.2, 0.25) is 0 Å². The third-order valence-corrected chi connectivity index (χ3v) is 4.03. The molecule has 0 spiro atoms. The van der Waals surface area contributed by atoms with Gasteiger partial charge >= 0.3 is 0 Å². The summed E-state index contributed by atoms with van der Waals surface area (Å²) in [5.74, 6) is 0.169. The maximum Gasteiger partial charge on any atom is 0.267 e. The van der Waals surface area contributed by atoms with Crippen LogP contribution in [0.3, 0.4) is 0 Å². The van der Waals surface area contributed by atoms with Crippen molar-refractivity contribution in [3.63, 3.8) is 0 Å². The Morgan fingerprint density at radius 2 is 2.05 bits per heavy atom. The maximum absolute atomic E-state index is 12.4. The Hall–Kier alpha value is -2.08. The van der Waals surface area contributed by atoms with Crippen molar-refractivity contribution in [2.45, 2.75) is 13.5 Å². The molecule has 106 valence electrons. The number of nitrogens with one attached hydrogen (secondary N) is 1. The van der Waals surface area contributed by atoms with Crippen LogP contribution in [-0.4, -0.2) is 29.9 Å². The molecule has 0 saturated heterocycles. The highest BCUT2D eigenvalue weighted by Crippen LogP contribution is 2.26. The second kappa shape index (κ2) is 5.92. The summed E-state index contributed by atoms with van der Waals surface area (Å²) in [6, 6.07) is 8.12. The zero-order valence-corrected chi connectivity index (χ0v) is 12.6. The van der Waals surface area contributed by atoms with Crippen LogP contribution >= 0.6 is 11.3 Å². The summed E-state index contributed by atoms with van der Waals surface area (Å²) in [5.41, 5.74) is 8.07. The summed E-state index contributed by atoms with van der Waals surface area (Å²) in [5, 5.41) is 3.54. The second-order valence-electron chi connectivity index (χ2n) is 4.63. The number of carbonyl (C=O) groups is 1. The molecule has 0 radical (unpaired) electrons. The molecule has 0 aliphatic rings. The van der Waals surface area contributed by atoms with Crippen LogP contribution in [0.1, 0.15) is 20.8 Å². The smallest absolute Gasteiger partial charge is 0.267 e. The summed E-state index contributed by atoms with van der Waals surface area (Å²) < 4.78 is 0. The molecular weight excluding hydrogens is 272 g/mol. The van der Waals surface area contributed by atoms with E-state index in [2.05, 4.69) is 10.3 Å². The van der Waals surface area contributed by atoms with E-state index in [0.29, 0.717) is 16.6 Å². The number of amides is 1. The fourth-order valence-corrected chi connectivity index (χ4v) is 2.64. The van der Waals surface area contributed by atoms with Crippen molar-refractivity contribution in [3.05, 3.63) is 40.3 Å². The van der Waals surface area contributed by atoms with Crippen molar-refractivity contribution >= 4 is 28.2 Å². The van der Waals surface area contributed by atoms with E-state index < -0.39 is 0 Å². The van der Waals surface area contributed by atoms with Gasteiger partial charge in [0.2, 0.25) is 0 Å². The van der Waals surface area contributed by atoms with Crippen LogP contribution in [0.4, 0.5) is 10.9 Å². The molecule has 0 bridgehead atoms. The van der Waals surface area contributed by atoms with Gasteiger partial charge in [-0.2, -0.15) is 0 Å². The first-order chi connectivity index (χ1) is 9.51. The molecule has 2 rings (SSSR count). The second-order valence-corrected chi connectivity index (χ2v) is 5.63. The normalized spacial score (nSPS) is 10.3. The van der Waals surface area contributed by atoms with Crippen molar-refractivity contribution < 1.29 is 4.79 Å². The van der Waals surface area contributed by atoms with E-state index in [1.54, 1.807) is 19.0 Å². The largest absolute Gasteiger partial charge is 0.382 e. The van der Waals surface area contributed by atoms with Crippen LogP contribution < -0.4 is 11.1 Å². The number of anilines is 2. The predicted octanol–water partition coefficient (Wildman–Crippen LogP) is 2.35. The Bertz CT molecular complexity index is 606. The summed E-state index contributed by atoms with van der Waals surface area (Å²) in [6.07, 6.45) is 0. The lowest BCUT2D eigenvalue weighted by molar-refractivity contribution is 0.0790. The van der Waals surface area contributed by atoms with Crippen molar-refractivity contribution in [1.82, 2.24) is 9.88 Å². The highest BCUT2D eigenvalue weighted by Gasteiger charge is 2.19. The van der Waals surface area contributed by atoms with E-state index in [1.165, 1.54) is 16.9 Å². The average molecular weight is 290 g/mol. The number of hydrogen-bond donors (Lipinski definition) is 2. The van der Waals surface area contributed by atoms with Crippen LogP contribution in [-0.2, 0) is 6.54 Å². The monoisotopic (exact) mass is 290 g/mol. The Kier molecular flexibility index (Phi) is 4.24. The first-order valence-corrected chi connectivity index (χ1v) is 7.08. The molecule has 3 N–H and O–H groups in total. The van der Waals surface area contributed by atoms with E-state index in [0.717, 1.165) is 5.56 Å². The van der Waals surface area contributed by atoms with Crippen LogP contribution in [0.25, 0.3) is 0 Å². The first-order valence-electron chi connectivity index (χ1n) is 6.26. The van der Waals surface area contributed by atoms with Crippen molar-refractivity contribution in [2.24, 2.45) is 0 Å². The Balaban J connectivity index is 2.11. The molecule has 1 aromatic carbocycles. The number of carbonyl (C=O) groups excluding carboxylic acids is 1. The SMILES string of the molecule is CNc1nc(N)c(C(=O)N(C)Cc2ccc(C)cc2)s1. The summed E-state index contributed by atoms with van der Waals surface area (Å²) in [4.78, 5) is 18.6. The van der Waals surface area contributed by atoms with E-state index >= 15 is 0 Å². The topological polar surface area (TPSA) is 71.2 Å². The highest BCUT2D eigenvalue weighted by atomic mass is 32.1. The number of aromatic nitrogens is 1. The Morgan fingerprint density at radius 3 is 2.60 bits per heavy atom. The highest BCUT2D eigenvalue weighted by molar-refractivity contribution is 7.18. The van der Waals surface area contributed by atoms with Gasteiger partial charge in [-0.15, -0.1) is 0 Å². The molecule has 1 aromatic heterocycles. The molecule has 0 unspecified atom stereocenters. The summed E-state index contributed by atoms with van der Waals surface area (Å²) in [7, 11) is 3.52. The van der Waals surface area contributed by atoms with Gasteiger partial charge in [0.1, 0.15) is 10.7 Å². The van der Waals surface area contributed by atoms with Gasteiger partial charge in [-0.25, -0.2) is 4.98 Å². The minimum Gasteiger partial charge on any atom is -0.382 e. The van der Waals surface area contributed by atoms with E-state index in [-0.39, 0.29) is 11.7 Å². The predicted molar refractivity (Wildman–Crippen MR) is 83.0 cm³/mol. The molecule has 6 heteroatoms. The third-order valence-electron chi connectivity index (χ3n) is 2.95. The van der Waals surface area contributed by atoms with Crippen LogP contribution in [0.15, 0.2) is 24.3 Å². The van der Waals surface area contributed by atoms with Gasteiger partial charge < -0.3 is 16.0 Å². The third kappa shape index (κ3) is 3.08. The van der Waals surface area contributed by atoms with Gasteiger partial charge in [0.25, 0.3) is 5.91 Å². The lowest BCUT2D eigenvalue weighted by Crippen LogP contribution is -2.26. The maximum atomic E-state index is 12.4. The molecular formula is C14H18N4OS. The van der Waals surface area contributed by atoms with Crippen molar-refractivity contribution in [1.29, 1.82) is 0 Å². The molecule has 0 aliphatic heterocycles. The number of rotatable bonds is 4. The molecule has 0 saturated carbocycles. The van der Waals surface area contributed by atoms with Crippen LogP contribution in [0.5, 0.6) is 0 Å². The fraction of sp³-hybridized carbons (Fsp3) is 0.286. The summed E-state index contributed by atoms with van der Waals surface area (Å²) >= 11 is 1.27. The minimum absolute atomic E-state index is 0.109. The van der Waals surface area contributed by atoms with E-state index in [1.807, 2.05) is 31.2 Å².